The summed E-state index contributed by atoms with van der Waals surface area (Å²) in [6.45, 7) is 0.325. The lowest BCUT2D eigenvalue weighted by molar-refractivity contribution is 0.414. The van der Waals surface area contributed by atoms with E-state index >= 15 is 0 Å². The van der Waals surface area contributed by atoms with Crippen molar-refractivity contribution >= 4 is 21.1 Å². The maximum atomic E-state index is 12.8. The predicted molar refractivity (Wildman–Crippen MR) is 98.0 cm³/mol. The summed E-state index contributed by atoms with van der Waals surface area (Å²) in [4.78, 5) is 11.7. The molecule has 0 aliphatic rings. The molecule has 0 spiro atoms. The van der Waals surface area contributed by atoms with Gasteiger partial charge in [0.15, 0.2) is 5.58 Å². The van der Waals surface area contributed by atoms with E-state index in [9.17, 15) is 13.2 Å². The lowest BCUT2D eigenvalue weighted by Gasteiger charge is -2.17. The Kier molecular flexibility index (Phi) is 4.88. The van der Waals surface area contributed by atoms with Crippen LogP contribution in [-0.2, 0) is 23.5 Å². The molecule has 0 aliphatic heterocycles. The Morgan fingerprint density at radius 1 is 1.15 bits per heavy atom. The lowest BCUT2D eigenvalue weighted by atomic mass is 10.1. The summed E-state index contributed by atoms with van der Waals surface area (Å²) in [5.74, 6) is 0.231. The summed E-state index contributed by atoms with van der Waals surface area (Å²) >= 11 is 0. The van der Waals surface area contributed by atoms with E-state index in [2.05, 4.69) is 0 Å². The summed E-state index contributed by atoms with van der Waals surface area (Å²) in [5, 5.41) is 0. The molecule has 1 aromatic heterocycles. The predicted octanol–water partition coefficient (Wildman–Crippen LogP) is 2.00. The molecule has 0 saturated carbocycles. The van der Waals surface area contributed by atoms with E-state index in [1.165, 1.54) is 28.1 Å². The van der Waals surface area contributed by atoms with E-state index in [0.717, 1.165) is 11.3 Å². The Morgan fingerprint density at radius 2 is 1.85 bits per heavy atom. The topological polar surface area (TPSA) is 81.8 Å². The molecule has 0 bridgehead atoms. The Labute approximate surface area is 151 Å². The van der Waals surface area contributed by atoms with Crippen LogP contribution in [0.3, 0.4) is 0 Å². The SMILES string of the molecule is COc1ccc(CCN(C)S(=O)(=O)c2ccc3c(c2)oc(=O)n3C)cc1. The second-order valence-corrected chi connectivity index (χ2v) is 8.03. The summed E-state index contributed by atoms with van der Waals surface area (Å²) in [6.07, 6.45) is 0.572. The summed E-state index contributed by atoms with van der Waals surface area (Å²) in [5.41, 5.74) is 1.81. The molecule has 0 aliphatic carbocycles. The molecule has 0 atom stereocenters. The van der Waals surface area contributed by atoms with Gasteiger partial charge in [0, 0.05) is 26.7 Å². The maximum Gasteiger partial charge on any atom is 0.419 e. The molecule has 2 aromatic carbocycles. The third kappa shape index (κ3) is 3.38. The van der Waals surface area contributed by atoms with Crippen LogP contribution in [0.1, 0.15) is 5.56 Å². The number of likely N-dealkylation sites (N-methyl/N-ethyl adjacent to an activating group) is 1. The van der Waals surface area contributed by atoms with Crippen LogP contribution in [0.2, 0.25) is 0 Å². The number of ether oxygens (including phenoxy) is 1. The zero-order valence-corrected chi connectivity index (χ0v) is 15.6. The van der Waals surface area contributed by atoms with Crippen molar-refractivity contribution in [3.63, 3.8) is 0 Å². The number of nitrogens with zero attached hydrogens (tertiary/aromatic N) is 2. The summed E-state index contributed by atoms with van der Waals surface area (Å²) in [7, 11) is 1.02. The molecule has 3 rings (SSSR count). The Morgan fingerprint density at radius 3 is 2.50 bits per heavy atom. The number of methoxy groups -OCH3 is 1. The molecule has 7 nitrogen and oxygen atoms in total. The normalized spacial score (nSPS) is 12.0. The van der Waals surface area contributed by atoms with Crippen molar-refractivity contribution in [2.24, 2.45) is 7.05 Å². The number of sulfonamides is 1. The minimum Gasteiger partial charge on any atom is -0.497 e. The van der Waals surface area contributed by atoms with Crippen LogP contribution in [0.25, 0.3) is 11.1 Å². The van der Waals surface area contributed by atoms with Gasteiger partial charge in [0.1, 0.15) is 5.75 Å². The molecule has 0 N–H and O–H groups in total. The quantitative estimate of drug-likeness (QED) is 0.657. The number of benzene rings is 2. The first kappa shape index (κ1) is 18.2. The maximum absolute atomic E-state index is 12.8. The number of aryl methyl sites for hydroxylation is 1. The monoisotopic (exact) mass is 376 g/mol. The largest absolute Gasteiger partial charge is 0.497 e. The molecule has 3 aromatic rings. The minimum atomic E-state index is -3.68. The molecule has 0 fully saturated rings. The van der Waals surface area contributed by atoms with Crippen molar-refractivity contribution in [1.82, 2.24) is 8.87 Å². The lowest BCUT2D eigenvalue weighted by Crippen LogP contribution is -2.29. The first-order valence-corrected chi connectivity index (χ1v) is 9.46. The third-order valence-electron chi connectivity index (χ3n) is 4.35. The highest BCUT2D eigenvalue weighted by atomic mass is 32.2. The number of aromatic nitrogens is 1. The number of fused-ring (bicyclic) bond motifs is 1. The highest BCUT2D eigenvalue weighted by Gasteiger charge is 2.22. The number of hydrogen-bond acceptors (Lipinski definition) is 5. The van der Waals surface area contributed by atoms with Gasteiger partial charge in [-0.25, -0.2) is 17.5 Å². The molecule has 0 radical (unpaired) electrons. The smallest absolute Gasteiger partial charge is 0.419 e. The molecule has 26 heavy (non-hydrogen) atoms. The first-order chi connectivity index (χ1) is 12.3. The van der Waals surface area contributed by atoms with Crippen molar-refractivity contribution in [3.05, 3.63) is 58.6 Å². The standard InChI is InChI=1S/C18H20N2O5S/c1-19(11-10-13-4-6-14(24-3)7-5-13)26(22,23)15-8-9-16-17(12-15)25-18(21)20(16)2/h4-9,12H,10-11H2,1-3H3. The molecule has 1 heterocycles. The third-order valence-corrected chi connectivity index (χ3v) is 6.20. The van der Waals surface area contributed by atoms with Gasteiger partial charge in [-0.2, -0.15) is 0 Å². The van der Waals surface area contributed by atoms with Crippen LogP contribution in [0.15, 0.2) is 56.6 Å². The highest BCUT2D eigenvalue weighted by Crippen LogP contribution is 2.21. The summed E-state index contributed by atoms with van der Waals surface area (Å²) in [6, 6.07) is 11.9. The zero-order chi connectivity index (χ0) is 18.9. The van der Waals surface area contributed by atoms with Crippen molar-refractivity contribution < 1.29 is 17.6 Å². The van der Waals surface area contributed by atoms with Gasteiger partial charge in [0.25, 0.3) is 0 Å². The van der Waals surface area contributed by atoms with Gasteiger partial charge in [-0.15, -0.1) is 0 Å². The fourth-order valence-corrected chi connectivity index (χ4v) is 3.84. The van der Waals surface area contributed by atoms with Gasteiger partial charge in [-0.05, 0) is 36.2 Å². The molecule has 138 valence electrons. The van der Waals surface area contributed by atoms with Gasteiger partial charge >= 0.3 is 5.76 Å². The van der Waals surface area contributed by atoms with Gasteiger partial charge in [0.05, 0.1) is 17.5 Å². The van der Waals surface area contributed by atoms with Crippen LogP contribution in [0, 0.1) is 0 Å². The van der Waals surface area contributed by atoms with Crippen LogP contribution in [-0.4, -0.2) is 38.0 Å². The highest BCUT2D eigenvalue weighted by molar-refractivity contribution is 7.89. The Hall–Kier alpha value is -2.58. The van der Waals surface area contributed by atoms with Crippen LogP contribution < -0.4 is 10.5 Å². The van der Waals surface area contributed by atoms with Crippen LogP contribution in [0.5, 0.6) is 5.75 Å². The van der Waals surface area contributed by atoms with E-state index < -0.39 is 15.8 Å². The van der Waals surface area contributed by atoms with E-state index in [1.807, 2.05) is 24.3 Å². The van der Waals surface area contributed by atoms with Crippen LogP contribution in [0.4, 0.5) is 0 Å². The van der Waals surface area contributed by atoms with E-state index in [0.29, 0.717) is 18.5 Å². The van der Waals surface area contributed by atoms with E-state index in [1.54, 1.807) is 20.2 Å². The fourth-order valence-electron chi connectivity index (χ4n) is 2.65. The second kappa shape index (κ2) is 6.97. The Balaban J connectivity index is 1.78. The average molecular weight is 376 g/mol. The molecular formula is C18H20N2O5S. The number of hydrogen-bond donors (Lipinski definition) is 0. The zero-order valence-electron chi connectivity index (χ0n) is 14.8. The van der Waals surface area contributed by atoms with Gasteiger partial charge < -0.3 is 9.15 Å². The number of rotatable bonds is 6. The van der Waals surface area contributed by atoms with E-state index in [-0.39, 0.29) is 10.5 Å². The molecule has 0 unspecified atom stereocenters. The van der Waals surface area contributed by atoms with Crippen molar-refractivity contribution in [2.45, 2.75) is 11.3 Å². The summed E-state index contributed by atoms with van der Waals surface area (Å²) < 4.78 is 38.4. The molecular weight excluding hydrogens is 356 g/mol. The molecule has 0 amide bonds. The Bertz CT molecular complexity index is 1080. The van der Waals surface area contributed by atoms with Crippen molar-refractivity contribution in [1.29, 1.82) is 0 Å². The second-order valence-electron chi connectivity index (χ2n) is 5.98. The van der Waals surface area contributed by atoms with Crippen molar-refractivity contribution in [3.8, 4) is 5.75 Å². The van der Waals surface area contributed by atoms with E-state index in [4.69, 9.17) is 9.15 Å². The fraction of sp³-hybridized carbons (Fsp3) is 0.278. The van der Waals surface area contributed by atoms with Gasteiger partial charge in [-0.3, -0.25) is 4.57 Å². The minimum absolute atomic E-state index is 0.0941. The number of oxazole rings is 1. The van der Waals surface area contributed by atoms with Crippen molar-refractivity contribution in [2.75, 3.05) is 20.7 Å². The van der Waals surface area contributed by atoms with Crippen LogP contribution >= 0.6 is 0 Å². The average Bonchev–Trinajstić information content (AvgIpc) is 2.93. The first-order valence-electron chi connectivity index (χ1n) is 8.02. The van der Waals surface area contributed by atoms with Gasteiger partial charge in [-0.1, -0.05) is 12.1 Å². The molecule has 8 heteroatoms. The molecule has 0 saturated heterocycles. The van der Waals surface area contributed by atoms with Gasteiger partial charge in [0.2, 0.25) is 10.0 Å².